The summed E-state index contributed by atoms with van der Waals surface area (Å²) in [4.78, 5) is 10.9. The number of anilines is 12. The second kappa shape index (κ2) is 21.7. The average molecular weight is 1380 g/mol. The third-order valence-corrected chi connectivity index (χ3v) is 23.7. The van der Waals surface area contributed by atoms with Crippen molar-refractivity contribution in [1.29, 1.82) is 0 Å². The summed E-state index contributed by atoms with van der Waals surface area (Å²) >= 11 is 2.73. The Balaban J connectivity index is 0.998. The van der Waals surface area contributed by atoms with Crippen LogP contribution in [0.5, 0.6) is 11.5 Å². The van der Waals surface area contributed by atoms with Crippen molar-refractivity contribution in [2.45, 2.75) is 45.8 Å². The molecule has 0 amide bonds. The van der Waals surface area contributed by atoms with Gasteiger partial charge in [0.05, 0.1) is 67.1 Å². The summed E-state index contributed by atoms with van der Waals surface area (Å²) in [5.41, 5.74) is 13.6. The third kappa shape index (κ3) is 8.07. The van der Waals surface area contributed by atoms with Crippen LogP contribution in [0.2, 0.25) is 0 Å². The number of fused-ring (bicyclic) bond motifs is 14. The van der Waals surface area contributed by atoms with Crippen molar-refractivity contribution in [3.63, 3.8) is 0 Å². The lowest BCUT2D eigenvalue weighted by molar-refractivity contribution is 0.486. The predicted octanol–water partition coefficient (Wildman–Crippen LogP) is 21.9. The highest BCUT2D eigenvalue weighted by molar-refractivity contribution is 8.00. The minimum Gasteiger partial charge on any atom is -0.458 e. The standard InChI is InChI=1S/C94H61B2N5OS2/c1-94(2,3)60-52-74-84-75(53-60)100(90-64(58-30-12-6-13-31-58)38-25-39-65(90)59-32-14-7-15-33-59)76-55-77-86-93(101-72-43-21-23-45-81(72)104-83-51-49-79-88(92(83)101)96(86)87-78(102-79)48-50-82-91(87)98(77)71-42-20-22-44-80(71)103-82)85(76)95(84)68-47-46-61(97-69-40-18-16-34-66(69)67-35-17-19-41-70(67)97)54-73(68)99(74)89-62(56-26-8-4-9-27-56)36-24-37-63(89)57-28-10-5-11-29-57/h4-55H,1-3H3/i16D,17D,18D,19D,34D,35D,40D,41D,46D,47D,48D,49D,50D,51D,54D,55D. The zero-order chi connectivity index (χ0) is 82.3. The normalized spacial score (nSPS) is 16.1. The summed E-state index contributed by atoms with van der Waals surface area (Å²) in [6.07, 6.45) is 0. The first-order valence-electron chi connectivity index (χ1n) is 42.8. The highest BCUT2D eigenvalue weighted by Crippen LogP contribution is 2.62. The van der Waals surface area contributed by atoms with Crippen molar-refractivity contribution in [1.82, 2.24) is 4.57 Å². The molecule has 486 valence electrons. The molecule has 0 saturated heterocycles. The van der Waals surface area contributed by atoms with Crippen molar-refractivity contribution < 1.29 is 26.7 Å². The van der Waals surface area contributed by atoms with Gasteiger partial charge >= 0.3 is 0 Å². The molecule has 16 aromatic rings. The summed E-state index contributed by atoms with van der Waals surface area (Å²) < 4.78 is 174. The van der Waals surface area contributed by atoms with E-state index in [9.17, 15) is 21.9 Å². The zero-order valence-corrected chi connectivity index (χ0v) is 57.5. The van der Waals surface area contributed by atoms with Gasteiger partial charge in [-0.1, -0.05) is 269 Å². The van der Waals surface area contributed by atoms with Crippen LogP contribution >= 0.6 is 23.5 Å². The molecule has 0 bridgehead atoms. The Hall–Kier alpha value is -12.1. The lowest BCUT2D eigenvalue weighted by Crippen LogP contribution is -2.68. The van der Waals surface area contributed by atoms with Gasteiger partial charge in [0.2, 0.25) is 0 Å². The highest BCUT2D eigenvalue weighted by Gasteiger charge is 2.56. The quantitative estimate of drug-likeness (QED) is 0.147. The second-order valence-corrected chi connectivity index (χ2v) is 30.2. The maximum atomic E-state index is 12.4. The van der Waals surface area contributed by atoms with Crippen molar-refractivity contribution in [3.8, 4) is 61.7 Å². The van der Waals surface area contributed by atoms with Crippen molar-refractivity contribution >= 4 is 160 Å². The van der Waals surface area contributed by atoms with E-state index in [0.717, 1.165) is 48.7 Å². The minimum atomic E-state index is -1.36. The molecule has 0 fully saturated rings. The molecular weight excluding hydrogens is 1300 g/mol. The molecule has 7 aliphatic rings. The van der Waals surface area contributed by atoms with Gasteiger partial charge in [0.25, 0.3) is 13.4 Å². The number of para-hydroxylation sites is 6. The molecule has 23 rings (SSSR count). The van der Waals surface area contributed by atoms with Crippen LogP contribution in [0.1, 0.15) is 48.3 Å². The van der Waals surface area contributed by atoms with Gasteiger partial charge < -0.3 is 28.9 Å². The van der Waals surface area contributed by atoms with Gasteiger partial charge in [-0.05, 0) is 157 Å². The summed E-state index contributed by atoms with van der Waals surface area (Å²) in [6.45, 7) is 4.04. The van der Waals surface area contributed by atoms with Crippen LogP contribution in [0.3, 0.4) is 0 Å². The molecule has 8 heterocycles. The zero-order valence-electron chi connectivity index (χ0n) is 71.9. The second-order valence-electron chi connectivity index (χ2n) is 28.1. The van der Waals surface area contributed by atoms with Gasteiger partial charge in [0, 0.05) is 92.4 Å². The summed E-state index contributed by atoms with van der Waals surface area (Å²) in [6, 6.07) is 64.8. The first-order valence-corrected chi connectivity index (χ1v) is 36.4. The Morgan fingerprint density at radius 1 is 0.337 bits per heavy atom. The molecule has 15 aromatic carbocycles. The van der Waals surface area contributed by atoms with E-state index in [4.69, 9.17) is 4.74 Å². The van der Waals surface area contributed by atoms with Crippen LogP contribution in [0.25, 0.3) is 72.0 Å². The maximum absolute atomic E-state index is 12.4. The fraction of sp³-hybridized carbons (Fsp3) is 0.0426. The average Bonchev–Trinajstić information content (AvgIpc) is 0.731. The summed E-state index contributed by atoms with van der Waals surface area (Å²) in [5.74, 6) is 0.0628. The number of ether oxygens (including phenoxy) is 1. The lowest BCUT2D eigenvalue weighted by atomic mass is 9.29. The molecule has 1 aromatic heterocycles. The van der Waals surface area contributed by atoms with E-state index in [1.54, 1.807) is 0 Å². The van der Waals surface area contributed by atoms with Crippen molar-refractivity contribution in [2.75, 3.05) is 19.6 Å². The predicted molar refractivity (Wildman–Crippen MR) is 438 cm³/mol. The van der Waals surface area contributed by atoms with E-state index < -0.39 is 91.0 Å². The molecule has 10 heteroatoms. The molecule has 0 N–H and O–H groups in total. The van der Waals surface area contributed by atoms with E-state index in [1.807, 2.05) is 175 Å². The van der Waals surface area contributed by atoms with Gasteiger partial charge in [-0.15, -0.1) is 0 Å². The van der Waals surface area contributed by atoms with Crippen molar-refractivity contribution in [3.05, 3.63) is 321 Å². The van der Waals surface area contributed by atoms with Crippen LogP contribution in [-0.2, 0) is 5.41 Å². The summed E-state index contributed by atoms with van der Waals surface area (Å²) in [5, 5.41) is -0.556. The molecule has 0 saturated carbocycles. The summed E-state index contributed by atoms with van der Waals surface area (Å²) in [7, 11) is 0. The van der Waals surface area contributed by atoms with E-state index in [2.05, 4.69) is 84.0 Å². The van der Waals surface area contributed by atoms with Crippen LogP contribution in [-0.4, -0.2) is 18.0 Å². The van der Waals surface area contributed by atoms with E-state index in [0.29, 0.717) is 111 Å². The Labute approximate surface area is 635 Å². The van der Waals surface area contributed by atoms with Crippen molar-refractivity contribution in [2.24, 2.45) is 0 Å². The van der Waals surface area contributed by atoms with E-state index >= 15 is 0 Å². The minimum absolute atomic E-state index is 0.0152. The number of hydrogen-bond acceptors (Lipinski definition) is 7. The Morgan fingerprint density at radius 3 is 1.27 bits per heavy atom. The van der Waals surface area contributed by atoms with Crippen LogP contribution < -0.4 is 57.1 Å². The van der Waals surface area contributed by atoms with Gasteiger partial charge in [0.1, 0.15) is 11.5 Å². The Bertz CT molecular complexity index is 7230. The van der Waals surface area contributed by atoms with Crippen LogP contribution in [0, 0.1) is 0 Å². The van der Waals surface area contributed by atoms with Crippen LogP contribution in [0.4, 0.5) is 68.2 Å². The first kappa shape index (κ1) is 45.0. The maximum Gasteiger partial charge on any atom is 0.261 e. The molecule has 0 atom stereocenters. The molecule has 0 spiro atoms. The molecular formula is C94H61B2N5OS2. The van der Waals surface area contributed by atoms with E-state index in [1.165, 1.54) is 28.1 Å². The number of rotatable bonds is 7. The number of aromatic nitrogens is 1. The molecule has 0 radical (unpaired) electrons. The smallest absolute Gasteiger partial charge is 0.261 e. The van der Waals surface area contributed by atoms with Gasteiger partial charge in [-0.25, -0.2) is 0 Å². The third-order valence-electron chi connectivity index (χ3n) is 21.6. The largest absolute Gasteiger partial charge is 0.458 e. The topological polar surface area (TPSA) is 27.1 Å². The van der Waals surface area contributed by atoms with Gasteiger partial charge in [-0.3, -0.25) is 0 Å². The fourth-order valence-electron chi connectivity index (χ4n) is 17.3. The molecule has 0 aliphatic carbocycles. The highest BCUT2D eigenvalue weighted by atomic mass is 32.2. The Morgan fingerprint density at radius 2 is 0.769 bits per heavy atom. The SMILES string of the molecule is [2H]c1c([2H])c2c3c4c1Oc1c([2H])c([2H])c5c6c1B4c1c(c([2H])c4c(c1N6c1ccccc1S5)B1c5c(cc(C(C)(C)C)cc5N4c4c(-c5ccccc5)cccc4-c4ccccc4)N(c4c(-c5ccccc5)cccc4-c4ccccc4)c4c([2H])c(-n5c6c([2H])c([2H])c([2H])c([2H])c6c6c([2H])c([2H])c([2H])c([2H])c65)c([2H])c([2H])c41)N3c1ccccc1S2. The monoisotopic (exact) mass is 1380 g/mol. The van der Waals surface area contributed by atoms with Gasteiger partial charge in [-0.2, -0.15) is 0 Å². The number of hydrogen-bond donors (Lipinski definition) is 0. The molecule has 6 nitrogen and oxygen atoms in total. The van der Waals surface area contributed by atoms with Gasteiger partial charge in [0.15, 0.2) is 0 Å². The molecule has 0 unspecified atom stereocenters. The molecule has 104 heavy (non-hydrogen) atoms. The van der Waals surface area contributed by atoms with Crippen LogP contribution in [0.15, 0.2) is 335 Å². The lowest BCUT2D eigenvalue weighted by Gasteiger charge is -2.53. The van der Waals surface area contributed by atoms with E-state index in [-0.39, 0.29) is 74.7 Å². The molecule has 7 aliphatic heterocycles. The fourth-order valence-corrected chi connectivity index (χ4v) is 19.3. The first-order chi connectivity index (χ1) is 58.0. The number of nitrogens with zero attached hydrogens (tertiary/aromatic N) is 5. The Kier molecular flexibility index (Phi) is 9.41. The number of benzene rings is 15.